The molecule has 3 nitrogen and oxygen atoms in total. The van der Waals surface area contributed by atoms with Crippen LogP contribution in [0.1, 0.15) is 23.7 Å². The molecule has 0 radical (unpaired) electrons. The van der Waals surface area contributed by atoms with Crippen LogP contribution in [0.5, 0.6) is 0 Å². The van der Waals surface area contributed by atoms with Gasteiger partial charge in [-0.25, -0.2) is 14.4 Å². The zero-order valence-corrected chi connectivity index (χ0v) is 13.8. The molecule has 0 aliphatic carbocycles. The molecule has 1 atom stereocenters. The van der Waals surface area contributed by atoms with Gasteiger partial charge in [0.2, 0.25) is 0 Å². The highest BCUT2D eigenvalue weighted by Gasteiger charge is 2.18. The van der Waals surface area contributed by atoms with E-state index in [1.807, 2.05) is 24.5 Å². The summed E-state index contributed by atoms with van der Waals surface area (Å²) in [5, 5.41) is -0.289. The number of aryl methyl sites for hydroxylation is 1. The van der Waals surface area contributed by atoms with E-state index in [1.54, 1.807) is 12.3 Å². The number of aromatic nitrogens is 3. The summed E-state index contributed by atoms with van der Waals surface area (Å²) < 4.78 is 16.1. The van der Waals surface area contributed by atoms with E-state index in [0.29, 0.717) is 11.5 Å². The first-order valence-electron chi connectivity index (χ1n) is 6.42. The number of alkyl halides is 1. The van der Waals surface area contributed by atoms with Gasteiger partial charge >= 0.3 is 0 Å². The Morgan fingerprint density at radius 3 is 2.76 bits per heavy atom. The molecule has 3 aromatic rings. The van der Waals surface area contributed by atoms with Crippen molar-refractivity contribution >= 4 is 38.7 Å². The molecule has 2 heterocycles. The quantitative estimate of drug-likeness (QED) is 0.600. The lowest BCUT2D eigenvalue weighted by molar-refractivity contribution is 0.626. The maximum atomic E-state index is 13.3. The molecule has 3 rings (SSSR count). The molecule has 0 saturated heterocycles. The Balaban J connectivity index is 2.36. The lowest BCUT2D eigenvalue weighted by Gasteiger charge is -2.12. The standard InChI is InChI=1S/C15H12BrClFN3/c1-8-5-11(18)3-4-13(8)21-14(9(2)17)20-12-6-10(16)7-19-15(12)21/h3-7,9H,1-2H3. The van der Waals surface area contributed by atoms with Gasteiger partial charge in [0.05, 0.1) is 11.1 Å². The number of hydrogen-bond donors (Lipinski definition) is 0. The minimum absolute atomic E-state index is 0.267. The third kappa shape index (κ3) is 2.56. The maximum Gasteiger partial charge on any atom is 0.164 e. The third-order valence-corrected chi connectivity index (χ3v) is 3.87. The van der Waals surface area contributed by atoms with E-state index in [-0.39, 0.29) is 11.2 Å². The van der Waals surface area contributed by atoms with Crippen LogP contribution in [-0.4, -0.2) is 14.5 Å². The van der Waals surface area contributed by atoms with Gasteiger partial charge in [-0.15, -0.1) is 11.6 Å². The largest absolute Gasteiger partial charge is 0.279 e. The summed E-state index contributed by atoms with van der Waals surface area (Å²) in [6, 6.07) is 6.52. The molecule has 1 aromatic carbocycles. The van der Waals surface area contributed by atoms with E-state index >= 15 is 0 Å². The van der Waals surface area contributed by atoms with Crippen molar-refractivity contribution in [2.75, 3.05) is 0 Å². The van der Waals surface area contributed by atoms with Crippen molar-refractivity contribution in [3.05, 3.63) is 52.1 Å². The van der Waals surface area contributed by atoms with Crippen molar-refractivity contribution < 1.29 is 4.39 Å². The van der Waals surface area contributed by atoms with Crippen LogP contribution >= 0.6 is 27.5 Å². The molecule has 2 aromatic heterocycles. The molecule has 1 unspecified atom stereocenters. The summed E-state index contributed by atoms with van der Waals surface area (Å²) in [5.74, 6) is 0.420. The Kier molecular flexibility index (Phi) is 3.71. The summed E-state index contributed by atoms with van der Waals surface area (Å²) in [6.07, 6.45) is 1.71. The van der Waals surface area contributed by atoms with Gasteiger partial charge in [0.15, 0.2) is 5.65 Å². The van der Waals surface area contributed by atoms with Crippen LogP contribution in [0.2, 0.25) is 0 Å². The highest BCUT2D eigenvalue weighted by Crippen LogP contribution is 2.29. The van der Waals surface area contributed by atoms with Crippen molar-refractivity contribution in [2.24, 2.45) is 0 Å². The van der Waals surface area contributed by atoms with Gasteiger partial charge in [-0.05, 0) is 59.6 Å². The Morgan fingerprint density at radius 2 is 2.10 bits per heavy atom. The van der Waals surface area contributed by atoms with Crippen LogP contribution in [0.15, 0.2) is 34.9 Å². The van der Waals surface area contributed by atoms with Gasteiger partial charge in [-0.1, -0.05) is 0 Å². The number of nitrogens with zero attached hydrogens (tertiary/aromatic N) is 3. The van der Waals surface area contributed by atoms with Crippen molar-refractivity contribution in [1.29, 1.82) is 0 Å². The number of halogens is 3. The summed E-state index contributed by atoms with van der Waals surface area (Å²) in [7, 11) is 0. The maximum absolute atomic E-state index is 13.3. The number of hydrogen-bond acceptors (Lipinski definition) is 2. The molecule has 6 heteroatoms. The van der Waals surface area contributed by atoms with E-state index in [1.165, 1.54) is 12.1 Å². The second-order valence-electron chi connectivity index (χ2n) is 4.85. The minimum Gasteiger partial charge on any atom is -0.279 e. The van der Waals surface area contributed by atoms with Gasteiger partial charge in [-0.3, -0.25) is 4.57 Å². The summed E-state index contributed by atoms with van der Waals surface area (Å²) in [6.45, 7) is 3.71. The first kappa shape index (κ1) is 14.5. The van der Waals surface area contributed by atoms with Crippen molar-refractivity contribution in [2.45, 2.75) is 19.2 Å². The normalized spacial score (nSPS) is 12.8. The van der Waals surface area contributed by atoms with E-state index in [9.17, 15) is 4.39 Å². The molecule has 0 N–H and O–H groups in total. The predicted octanol–water partition coefficient (Wildman–Crippen LogP) is 4.93. The second-order valence-corrected chi connectivity index (χ2v) is 6.42. The SMILES string of the molecule is Cc1cc(F)ccc1-n1c(C(C)Cl)nc2cc(Br)cnc21. The Hall–Kier alpha value is -1.46. The van der Waals surface area contributed by atoms with Gasteiger partial charge in [0, 0.05) is 10.7 Å². The Morgan fingerprint density at radius 1 is 1.33 bits per heavy atom. The van der Waals surface area contributed by atoms with Crippen LogP contribution in [0.25, 0.3) is 16.9 Å². The van der Waals surface area contributed by atoms with Crippen LogP contribution in [0.4, 0.5) is 4.39 Å². The Labute approximate surface area is 134 Å². The topological polar surface area (TPSA) is 30.7 Å². The van der Waals surface area contributed by atoms with Gasteiger partial charge in [0.1, 0.15) is 17.2 Å². The van der Waals surface area contributed by atoms with Crippen molar-refractivity contribution in [3.63, 3.8) is 0 Å². The van der Waals surface area contributed by atoms with E-state index in [2.05, 4.69) is 25.9 Å². The molecule has 0 amide bonds. The number of benzene rings is 1. The minimum atomic E-state index is -0.289. The molecule has 0 spiro atoms. The molecular weight excluding hydrogens is 357 g/mol. The highest BCUT2D eigenvalue weighted by molar-refractivity contribution is 9.10. The predicted molar refractivity (Wildman–Crippen MR) is 85.5 cm³/mol. The number of imidazole rings is 1. The molecule has 108 valence electrons. The smallest absolute Gasteiger partial charge is 0.164 e. The number of rotatable bonds is 2. The lowest BCUT2D eigenvalue weighted by atomic mass is 10.2. The molecule has 0 bridgehead atoms. The Bertz CT molecular complexity index is 829. The first-order chi connectivity index (χ1) is 9.97. The molecule has 0 saturated carbocycles. The second kappa shape index (κ2) is 5.39. The van der Waals surface area contributed by atoms with Gasteiger partial charge in [0.25, 0.3) is 0 Å². The number of fused-ring (bicyclic) bond motifs is 1. The first-order valence-corrected chi connectivity index (χ1v) is 7.65. The molecule has 0 fully saturated rings. The fraction of sp³-hybridized carbons (Fsp3) is 0.200. The van der Waals surface area contributed by atoms with Gasteiger partial charge < -0.3 is 0 Å². The summed E-state index contributed by atoms with van der Waals surface area (Å²) in [5.41, 5.74) is 3.08. The average molecular weight is 369 g/mol. The molecular formula is C15H12BrClFN3. The third-order valence-electron chi connectivity index (χ3n) is 3.25. The fourth-order valence-electron chi connectivity index (χ4n) is 2.33. The zero-order valence-electron chi connectivity index (χ0n) is 11.4. The van der Waals surface area contributed by atoms with Crippen LogP contribution < -0.4 is 0 Å². The molecule has 0 aliphatic rings. The van der Waals surface area contributed by atoms with Crippen molar-refractivity contribution in [1.82, 2.24) is 14.5 Å². The van der Waals surface area contributed by atoms with Crippen LogP contribution in [0, 0.1) is 12.7 Å². The van der Waals surface area contributed by atoms with Gasteiger partial charge in [-0.2, -0.15) is 0 Å². The van der Waals surface area contributed by atoms with Crippen LogP contribution in [0.3, 0.4) is 0 Å². The average Bonchev–Trinajstić information content (AvgIpc) is 2.77. The van der Waals surface area contributed by atoms with Crippen molar-refractivity contribution in [3.8, 4) is 5.69 Å². The molecule has 21 heavy (non-hydrogen) atoms. The molecule has 0 aliphatic heterocycles. The highest BCUT2D eigenvalue weighted by atomic mass is 79.9. The number of pyridine rings is 1. The summed E-state index contributed by atoms with van der Waals surface area (Å²) in [4.78, 5) is 8.98. The monoisotopic (exact) mass is 367 g/mol. The van der Waals surface area contributed by atoms with E-state index in [4.69, 9.17) is 11.6 Å². The summed E-state index contributed by atoms with van der Waals surface area (Å²) >= 11 is 9.65. The fourth-order valence-corrected chi connectivity index (χ4v) is 2.80. The van der Waals surface area contributed by atoms with Crippen LogP contribution in [-0.2, 0) is 0 Å². The lowest BCUT2D eigenvalue weighted by Crippen LogP contribution is -2.04. The van der Waals surface area contributed by atoms with E-state index in [0.717, 1.165) is 21.2 Å². The zero-order chi connectivity index (χ0) is 15.1. The van der Waals surface area contributed by atoms with E-state index < -0.39 is 0 Å².